The maximum absolute atomic E-state index is 12.0. The molecule has 2 fully saturated rings. The standard InChI is InChI=1S/C21H27N9O/c1-30-10-12-8-13(9-14(11-6-7-11)17(12)29-30)24-20-18(19(23)31)27-28-21(26-20)25-16-5-3-2-4-15(16)22/h8-11,15-16H,2-7,22H2,1H3,(H2,23,31)(H2,24,25,26,28)/t15-,16+/m0/s1. The van der Waals surface area contributed by atoms with E-state index in [4.69, 9.17) is 11.5 Å². The molecule has 0 aliphatic heterocycles. The number of anilines is 3. The Balaban J connectivity index is 1.48. The molecule has 31 heavy (non-hydrogen) atoms. The number of rotatable bonds is 6. The molecule has 162 valence electrons. The van der Waals surface area contributed by atoms with Crippen LogP contribution in [-0.4, -0.2) is 43.0 Å². The fourth-order valence-electron chi connectivity index (χ4n) is 4.34. The van der Waals surface area contributed by atoms with Crippen molar-refractivity contribution in [2.45, 2.75) is 56.5 Å². The molecule has 6 N–H and O–H groups in total. The smallest absolute Gasteiger partial charge is 0.273 e. The maximum Gasteiger partial charge on any atom is 0.273 e. The van der Waals surface area contributed by atoms with E-state index in [0.717, 1.165) is 55.1 Å². The zero-order chi connectivity index (χ0) is 21.5. The second kappa shape index (κ2) is 7.77. The van der Waals surface area contributed by atoms with Crippen molar-refractivity contribution < 1.29 is 4.79 Å². The lowest BCUT2D eigenvalue weighted by Crippen LogP contribution is -2.43. The Labute approximate surface area is 179 Å². The first-order valence-electron chi connectivity index (χ1n) is 10.8. The van der Waals surface area contributed by atoms with Crippen LogP contribution in [0, 0.1) is 0 Å². The van der Waals surface area contributed by atoms with E-state index < -0.39 is 5.91 Å². The number of aryl methyl sites for hydroxylation is 1. The van der Waals surface area contributed by atoms with E-state index in [-0.39, 0.29) is 23.6 Å². The highest BCUT2D eigenvalue weighted by Crippen LogP contribution is 2.44. The Kier molecular flexibility index (Phi) is 4.93. The van der Waals surface area contributed by atoms with Gasteiger partial charge in [0.15, 0.2) is 11.5 Å². The van der Waals surface area contributed by atoms with E-state index in [1.54, 1.807) is 0 Å². The molecule has 0 radical (unpaired) electrons. The van der Waals surface area contributed by atoms with Crippen molar-refractivity contribution >= 4 is 34.3 Å². The topological polar surface area (TPSA) is 150 Å². The van der Waals surface area contributed by atoms with E-state index in [0.29, 0.717) is 11.9 Å². The fraction of sp³-hybridized carbons (Fsp3) is 0.476. The lowest BCUT2D eigenvalue weighted by Gasteiger charge is -2.29. The van der Waals surface area contributed by atoms with Gasteiger partial charge in [0, 0.05) is 36.4 Å². The van der Waals surface area contributed by atoms with E-state index in [1.807, 2.05) is 24.0 Å². The number of carbonyl (C=O) groups excluding carboxylic acids is 1. The van der Waals surface area contributed by atoms with Gasteiger partial charge in [0.2, 0.25) is 5.95 Å². The molecule has 0 unspecified atom stereocenters. The minimum absolute atomic E-state index is 0.00209. The minimum atomic E-state index is -0.687. The highest BCUT2D eigenvalue weighted by atomic mass is 16.1. The highest BCUT2D eigenvalue weighted by molar-refractivity contribution is 5.96. The average molecular weight is 422 g/mol. The van der Waals surface area contributed by atoms with Gasteiger partial charge in [-0.25, -0.2) is 0 Å². The van der Waals surface area contributed by atoms with Gasteiger partial charge in [-0.05, 0) is 49.3 Å². The normalized spacial score (nSPS) is 21.2. The monoisotopic (exact) mass is 421 g/mol. The Morgan fingerprint density at radius 3 is 2.71 bits per heavy atom. The number of amides is 1. The molecular weight excluding hydrogens is 394 g/mol. The van der Waals surface area contributed by atoms with Crippen LogP contribution in [0.25, 0.3) is 10.9 Å². The van der Waals surface area contributed by atoms with Crippen molar-refractivity contribution in [3.8, 4) is 0 Å². The van der Waals surface area contributed by atoms with Crippen molar-refractivity contribution in [3.05, 3.63) is 29.6 Å². The molecule has 2 aliphatic carbocycles. The van der Waals surface area contributed by atoms with E-state index in [1.165, 1.54) is 5.56 Å². The summed E-state index contributed by atoms with van der Waals surface area (Å²) in [7, 11) is 1.91. The van der Waals surface area contributed by atoms with Crippen LogP contribution in [0.5, 0.6) is 0 Å². The quantitative estimate of drug-likeness (QED) is 0.473. The van der Waals surface area contributed by atoms with Crippen molar-refractivity contribution in [1.29, 1.82) is 0 Å². The molecule has 0 saturated heterocycles. The summed E-state index contributed by atoms with van der Waals surface area (Å²) in [5.41, 5.74) is 14.8. The molecule has 1 aromatic carbocycles. The first-order chi connectivity index (χ1) is 15.0. The Hall–Kier alpha value is -3.27. The SMILES string of the molecule is Cn1cc2cc(Nc3nc(N[C@@H]4CCCC[C@@H]4N)nnc3C(N)=O)cc(C3CC3)c2n1. The van der Waals surface area contributed by atoms with Gasteiger partial charge in [-0.1, -0.05) is 12.8 Å². The van der Waals surface area contributed by atoms with Crippen LogP contribution in [0.2, 0.25) is 0 Å². The van der Waals surface area contributed by atoms with Crippen molar-refractivity contribution in [2.75, 3.05) is 10.6 Å². The van der Waals surface area contributed by atoms with Crippen LogP contribution < -0.4 is 22.1 Å². The summed E-state index contributed by atoms with van der Waals surface area (Å²) < 4.78 is 1.82. The van der Waals surface area contributed by atoms with Gasteiger partial charge < -0.3 is 22.1 Å². The predicted molar refractivity (Wildman–Crippen MR) is 118 cm³/mol. The summed E-state index contributed by atoms with van der Waals surface area (Å²) in [5.74, 6) is 0.440. The molecule has 3 aromatic rings. The third kappa shape index (κ3) is 4.02. The predicted octanol–water partition coefficient (Wildman–Crippen LogP) is 2.16. The Bertz CT molecular complexity index is 1140. The van der Waals surface area contributed by atoms with Crippen molar-refractivity contribution in [1.82, 2.24) is 25.0 Å². The molecule has 0 spiro atoms. The number of nitrogens with one attached hydrogen (secondary N) is 2. The molecular formula is C21H27N9O. The molecule has 10 heteroatoms. The van der Waals surface area contributed by atoms with Gasteiger partial charge in [-0.3, -0.25) is 9.48 Å². The van der Waals surface area contributed by atoms with E-state index >= 15 is 0 Å². The third-order valence-electron chi connectivity index (χ3n) is 6.09. The number of carbonyl (C=O) groups is 1. The average Bonchev–Trinajstić information content (AvgIpc) is 3.50. The lowest BCUT2D eigenvalue weighted by molar-refractivity contribution is 0.0995. The van der Waals surface area contributed by atoms with Crippen LogP contribution in [-0.2, 0) is 7.05 Å². The number of aromatic nitrogens is 5. The molecule has 0 bridgehead atoms. The molecule has 5 rings (SSSR count). The van der Waals surface area contributed by atoms with Crippen LogP contribution in [0.3, 0.4) is 0 Å². The number of hydrogen-bond acceptors (Lipinski definition) is 8. The van der Waals surface area contributed by atoms with Gasteiger partial charge >= 0.3 is 0 Å². The van der Waals surface area contributed by atoms with Crippen LogP contribution in [0.1, 0.15) is 60.5 Å². The summed E-state index contributed by atoms with van der Waals surface area (Å²) >= 11 is 0. The fourth-order valence-corrected chi connectivity index (χ4v) is 4.34. The Morgan fingerprint density at radius 2 is 1.97 bits per heavy atom. The molecule has 2 heterocycles. The van der Waals surface area contributed by atoms with Gasteiger partial charge in [0.1, 0.15) is 0 Å². The highest BCUT2D eigenvalue weighted by Gasteiger charge is 2.28. The van der Waals surface area contributed by atoms with Gasteiger partial charge in [-0.15, -0.1) is 10.2 Å². The second-order valence-corrected chi connectivity index (χ2v) is 8.60. The molecule has 2 aromatic heterocycles. The number of nitrogens with zero attached hydrogens (tertiary/aromatic N) is 5. The Morgan fingerprint density at radius 1 is 1.16 bits per heavy atom. The molecule has 2 atom stereocenters. The number of benzene rings is 1. The summed E-state index contributed by atoms with van der Waals surface area (Å²) in [4.78, 5) is 16.5. The first kappa shape index (κ1) is 19.7. The van der Waals surface area contributed by atoms with Crippen LogP contribution in [0.4, 0.5) is 17.5 Å². The summed E-state index contributed by atoms with van der Waals surface area (Å²) in [6.07, 6.45) is 8.46. The summed E-state index contributed by atoms with van der Waals surface area (Å²) in [6, 6.07) is 4.18. The maximum atomic E-state index is 12.0. The summed E-state index contributed by atoms with van der Waals surface area (Å²) in [6.45, 7) is 0. The molecule has 2 aliphatic rings. The van der Waals surface area contributed by atoms with Gasteiger partial charge in [0.05, 0.1) is 5.52 Å². The van der Waals surface area contributed by atoms with Crippen LogP contribution >= 0.6 is 0 Å². The summed E-state index contributed by atoms with van der Waals surface area (Å²) in [5, 5.41) is 20.3. The van der Waals surface area contributed by atoms with Crippen molar-refractivity contribution in [3.63, 3.8) is 0 Å². The molecule has 2 saturated carbocycles. The van der Waals surface area contributed by atoms with Gasteiger partial charge in [0.25, 0.3) is 5.91 Å². The minimum Gasteiger partial charge on any atom is -0.364 e. The lowest BCUT2D eigenvalue weighted by atomic mass is 9.91. The third-order valence-corrected chi connectivity index (χ3v) is 6.09. The number of hydrogen-bond donors (Lipinski definition) is 4. The molecule has 1 amide bonds. The van der Waals surface area contributed by atoms with Gasteiger partial charge in [-0.2, -0.15) is 10.1 Å². The van der Waals surface area contributed by atoms with E-state index in [2.05, 4.69) is 37.0 Å². The zero-order valence-electron chi connectivity index (χ0n) is 17.5. The zero-order valence-corrected chi connectivity index (χ0v) is 17.5. The number of fused-ring (bicyclic) bond motifs is 1. The van der Waals surface area contributed by atoms with E-state index in [9.17, 15) is 4.79 Å². The van der Waals surface area contributed by atoms with Crippen molar-refractivity contribution in [2.24, 2.45) is 18.5 Å². The number of primary amides is 1. The van der Waals surface area contributed by atoms with Crippen LogP contribution in [0.15, 0.2) is 18.3 Å². The largest absolute Gasteiger partial charge is 0.364 e. The molecule has 10 nitrogen and oxygen atoms in total. The second-order valence-electron chi connectivity index (χ2n) is 8.60. The first-order valence-corrected chi connectivity index (χ1v) is 10.8. The number of nitrogens with two attached hydrogens (primary N) is 2.